The first-order chi connectivity index (χ1) is 11.1. The Morgan fingerprint density at radius 2 is 2.17 bits per heavy atom. The highest BCUT2D eigenvalue weighted by atomic mass is 16.2. The van der Waals surface area contributed by atoms with Gasteiger partial charge in [0.15, 0.2) is 0 Å². The quantitative estimate of drug-likeness (QED) is 0.921. The SMILES string of the molecule is CN(C)c1cc([C@H]2CCCN2C(=O)c2ccc(=O)[nH]n2)ccn1. The number of likely N-dealkylation sites (tertiary alicyclic amines) is 1. The number of carbonyl (C=O) groups excluding carboxylic acids is 1. The predicted molar refractivity (Wildman–Crippen MR) is 86.4 cm³/mol. The van der Waals surface area contributed by atoms with Crippen LogP contribution in [0.1, 0.15) is 34.9 Å². The van der Waals surface area contributed by atoms with Gasteiger partial charge in [-0.2, -0.15) is 5.10 Å². The molecule has 1 N–H and O–H groups in total. The van der Waals surface area contributed by atoms with Crippen LogP contribution in [0.2, 0.25) is 0 Å². The molecule has 0 saturated carbocycles. The number of anilines is 1. The van der Waals surface area contributed by atoms with Crippen LogP contribution in [0.25, 0.3) is 0 Å². The van der Waals surface area contributed by atoms with Crippen LogP contribution >= 0.6 is 0 Å². The van der Waals surface area contributed by atoms with Gasteiger partial charge in [-0.15, -0.1) is 0 Å². The molecule has 23 heavy (non-hydrogen) atoms. The number of H-pyrrole nitrogens is 1. The van der Waals surface area contributed by atoms with Gasteiger partial charge < -0.3 is 9.80 Å². The van der Waals surface area contributed by atoms with Crippen molar-refractivity contribution in [2.75, 3.05) is 25.5 Å². The molecule has 3 rings (SSSR count). The molecule has 0 aliphatic carbocycles. The van der Waals surface area contributed by atoms with Crippen molar-refractivity contribution in [3.63, 3.8) is 0 Å². The molecule has 0 aromatic carbocycles. The fourth-order valence-electron chi connectivity index (χ4n) is 2.85. The average Bonchev–Trinajstić information content (AvgIpc) is 3.04. The molecule has 1 atom stereocenters. The lowest BCUT2D eigenvalue weighted by molar-refractivity contribution is 0.0728. The van der Waals surface area contributed by atoms with Gasteiger partial charge in [-0.25, -0.2) is 10.1 Å². The molecule has 0 radical (unpaired) electrons. The van der Waals surface area contributed by atoms with Crippen LogP contribution in [-0.4, -0.2) is 46.6 Å². The zero-order chi connectivity index (χ0) is 16.4. The maximum atomic E-state index is 12.7. The van der Waals surface area contributed by atoms with Crippen molar-refractivity contribution in [1.29, 1.82) is 0 Å². The first-order valence-corrected chi connectivity index (χ1v) is 7.56. The summed E-state index contributed by atoms with van der Waals surface area (Å²) in [5.41, 5.74) is 1.02. The van der Waals surface area contributed by atoms with Gasteiger partial charge in [0, 0.05) is 32.9 Å². The molecule has 2 aromatic rings. The maximum absolute atomic E-state index is 12.7. The van der Waals surface area contributed by atoms with Gasteiger partial charge in [-0.3, -0.25) is 9.59 Å². The lowest BCUT2D eigenvalue weighted by Crippen LogP contribution is -2.32. The van der Waals surface area contributed by atoms with E-state index < -0.39 is 0 Å². The second-order valence-electron chi connectivity index (χ2n) is 5.80. The summed E-state index contributed by atoms with van der Waals surface area (Å²) < 4.78 is 0. The number of aromatic nitrogens is 3. The van der Waals surface area contributed by atoms with Crippen LogP contribution in [0.15, 0.2) is 35.3 Å². The zero-order valence-electron chi connectivity index (χ0n) is 13.2. The number of rotatable bonds is 3. The lowest BCUT2D eigenvalue weighted by atomic mass is 10.1. The normalized spacial score (nSPS) is 17.3. The van der Waals surface area contributed by atoms with Crippen molar-refractivity contribution >= 4 is 11.7 Å². The van der Waals surface area contributed by atoms with E-state index >= 15 is 0 Å². The fourth-order valence-corrected chi connectivity index (χ4v) is 2.85. The average molecular weight is 313 g/mol. The van der Waals surface area contributed by atoms with E-state index in [2.05, 4.69) is 15.2 Å². The lowest BCUT2D eigenvalue weighted by Gasteiger charge is -2.25. The standard InChI is InChI=1S/C16H19N5O2/c1-20(2)14-10-11(7-8-17-14)13-4-3-9-21(13)16(23)12-5-6-15(22)19-18-12/h5-8,10,13H,3-4,9H2,1-2H3,(H,19,22)/t13-/m1/s1. The summed E-state index contributed by atoms with van der Waals surface area (Å²) in [4.78, 5) is 31.8. The molecule has 3 heterocycles. The van der Waals surface area contributed by atoms with E-state index in [4.69, 9.17) is 0 Å². The smallest absolute Gasteiger partial charge is 0.274 e. The summed E-state index contributed by atoms with van der Waals surface area (Å²) >= 11 is 0. The zero-order valence-corrected chi connectivity index (χ0v) is 13.2. The Morgan fingerprint density at radius 3 is 2.87 bits per heavy atom. The van der Waals surface area contributed by atoms with E-state index in [1.165, 1.54) is 12.1 Å². The highest BCUT2D eigenvalue weighted by Gasteiger charge is 2.31. The molecule has 1 fully saturated rings. The molecule has 0 bridgehead atoms. The van der Waals surface area contributed by atoms with Crippen molar-refractivity contribution in [3.8, 4) is 0 Å². The van der Waals surface area contributed by atoms with Crippen LogP contribution in [0.5, 0.6) is 0 Å². The molecule has 0 unspecified atom stereocenters. The molecule has 7 nitrogen and oxygen atoms in total. The number of nitrogens with one attached hydrogen (secondary N) is 1. The van der Waals surface area contributed by atoms with E-state index in [0.29, 0.717) is 6.54 Å². The van der Waals surface area contributed by atoms with Gasteiger partial charge in [0.2, 0.25) is 0 Å². The second-order valence-corrected chi connectivity index (χ2v) is 5.80. The number of hydrogen-bond acceptors (Lipinski definition) is 5. The highest BCUT2D eigenvalue weighted by molar-refractivity contribution is 5.92. The van der Waals surface area contributed by atoms with Crippen molar-refractivity contribution in [2.24, 2.45) is 0 Å². The Balaban J connectivity index is 1.88. The molecule has 1 aliphatic rings. The Labute approximate surface area is 134 Å². The van der Waals surface area contributed by atoms with E-state index in [1.807, 2.05) is 36.0 Å². The van der Waals surface area contributed by atoms with Crippen LogP contribution in [0.3, 0.4) is 0 Å². The summed E-state index contributed by atoms with van der Waals surface area (Å²) in [5.74, 6) is 0.705. The Bertz CT molecular complexity index is 751. The number of aromatic amines is 1. The Hall–Kier alpha value is -2.70. The summed E-state index contributed by atoms with van der Waals surface area (Å²) in [5, 5.41) is 6.16. The van der Waals surface area contributed by atoms with Crippen molar-refractivity contribution in [1.82, 2.24) is 20.1 Å². The summed E-state index contributed by atoms with van der Waals surface area (Å²) in [6.45, 7) is 0.684. The van der Waals surface area contributed by atoms with Gasteiger partial charge in [-0.05, 0) is 36.6 Å². The third-order valence-electron chi connectivity index (χ3n) is 4.02. The number of carbonyl (C=O) groups is 1. The minimum atomic E-state index is -0.315. The molecular formula is C16H19N5O2. The molecule has 120 valence electrons. The topological polar surface area (TPSA) is 82.2 Å². The molecular weight excluding hydrogens is 294 g/mol. The molecule has 1 amide bonds. The van der Waals surface area contributed by atoms with Crippen molar-refractivity contribution < 1.29 is 4.79 Å². The summed E-state index contributed by atoms with van der Waals surface area (Å²) in [6.07, 6.45) is 3.62. The minimum absolute atomic E-state index is 0.0120. The van der Waals surface area contributed by atoms with Crippen LogP contribution in [0.4, 0.5) is 5.82 Å². The predicted octanol–water partition coefficient (Wildman–Crippen LogP) is 1.21. The Kier molecular flexibility index (Phi) is 4.10. The monoisotopic (exact) mass is 313 g/mol. The second kappa shape index (κ2) is 6.20. The molecule has 1 saturated heterocycles. The number of nitrogens with zero attached hydrogens (tertiary/aromatic N) is 4. The van der Waals surface area contributed by atoms with E-state index in [1.54, 1.807) is 6.20 Å². The summed E-state index contributed by atoms with van der Waals surface area (Å²) in [7, 11) is 3.88. The highest BCUT2D eigenvalue weighted by Crippen LogP contribution is 2.33. The maximum Gasteiger partial charge on any atom is 0.274 e. The van der Waals surface area contributed by atoms with Gasteiger partial charge in [0.05, 0.1) is 6.04 Å². The van der Waals surface area contributed by atoms with Crippen molar-refractivity contribution in [3.05, 3.63) is 52.1 Å². The largest absolute Gasteiger partial charge is 0.363 e. The van der Waals surface area contributed by atoms with E-state index in [-0.39, 0.29) is 23.2 Å². The van der Waals surface area contributed by atoms with E-state index in [9.17, 15) is 9.59 Å². The van der Waals surface area contributed by atoms with Crippen LogP contribution < -0.4 is 10.5 Å². The van der Waals surface area contributed by atoms with Crippen molar-refractivity contribution in [2.45, 2.75) is 18.9 Å². The van der Waals surface area contributed by atoms with E-state index in [0.717, 1.165) is 24.2 Å². The first-order valence-electron chi connectivity index (χ1n) is 7.56. The fraction of sp³-hybridized carbons (Fsp3) is 0.375. The minimum Gasteiger partial charge on any atom is -0.363 e. The first kappa shape index (κ1) is 15.2. The van der Waals surface area contributed by atoms with Gasteiger partial charge in [0.25, 0.3) is 11.5 Å². The third-order valence-corrected chi connectivity index (χ3v) is 4.02. The third kappa shape index (κ3) is 3.08. The number of hydrogen-bond donors (Lipinski definition) is 1. The van der Waals surface area contributed by atoms with Crippen LogP contribution in [-0.2, 0) is 0 Å². The van der Waals surface area contributed by atoms with Gasteiger partial charge >= 0.3 is 0 Å². The van der Waals surface area contributed by atoms with Gasteiger partial charge in [-0.1, -0.05) is 0 Å². The van der Waals surface area contributed by atoms with Crippen LogP contribution in [0, 0.1) is 0 Å². The number of pyridine rings is 1. The molecule has 0 spiro atoms. The number of amides is 1. The molecule has 1 aliphatic heterocycles. The molecule has 7 heteroatoms. The summed E-state index contributed by atoms with van der Waals surface area (Å²) in [6, 6.07) is 6.76. The molecule has 2 aromatic heterocycles. The Morgan fingerprint density at radius 1 is 1.35 bits per heavy atom. The van der Waals surface area contributed by atoms with Gasteiger partial charge in [0.1, 0.15) is 11.5 Å².